The molecule has 0 radical (unpaired) electrons. The first-order valence-electron chi connectivity index (χ1n) is 15.5. The molecule has 1 aliphatic heterocycles. The van der Waals surface area contributed by atoms with Gasteiger partial charge in [0.15, 0.2) is 0 Å². The molecule has 2 amide bonds. The Balaban J connectivity index is 1.30. The van der Waals surface area contributed by atoms with Crippen LogP contribution in [0.1, 0.15) is 39.9 Å². The second kappa shape index (κ2) is 15.7. The maximum Gasteiger partial charge on any atom is 0.251 e. The first kappa shape index (κ1) is 31.5. The van der Waals surface area contributed by atoms with Crippen LogP contribution in [0.3, 0.4) is 0 Å². The number of nitrogens with two attached hydrogens (primary N) is 1. The van der Waals surface area contributed by atoms with Crippen molar-refractivity contribution in [2.24, 2.45) is 5.73 Å². The molecule has 1 aliphatic rings. The van der Waals surface area contributed by atoms with Crippen LogP contribution < -0.4 is 11.1 Å². The van der Waals surface area contributed by atoms with Crippen LogP contribution >= 0.6 is 11.6 Å². The van der Waals surface area contributed by atoms with E-state index in [0.717, 1.165) is 61.2 Å². The van der Waals surface area contributed by atoms with Gasteiger partial charge in [0, 0.05) is 55.9 Å². The van der Waals surface area contributed by atoms with E-state index >= 15 is 0 Å². The number of hydrogen-bond donors (Lipinski definition) is 2. The van der Waals surface area contributed by atoms with Crippen LogP contribution in [-0.4, -0.2) is 60.4 Å². The highest BCUT2D eigenvalue weighted by atomic mass is 35.5. The Morgan fingerprint density at radius 3 is 2.32 bits per heavy atom. The number of carbonyl (C=O) groups is 2. The molecule has 3 N–H and O–H groups in total. The molecule has 44 heavy (non-hydrogen) atoms. The standard InChI is InChI=1S/C37H41ClN4O2/c38-32-13-7-11-30(25-32)26-36(43)42(33-17-21-41(22-18-33)27-29-8-2-1-3-9-29)23-16-28-10-6-12-31(24-28)34-14-4-5-15-35(34)37(44)40-20-19-39/h1-15,24-25,33H,16-23,26-27,39H2,(H,40,44). The zero-order chi connectivity index (χ0) is 30.7. The quantitative estimate of drug-likeness (QED) is 0.208. The van der Waals surface area contributed by atoms with Gasteiger partial charge in [0.2, 0.25) is 5.91 Å². The average Bonchev–Trinajstić information content (AvgIpc) is 3.05. The Kier molecular flexibility index (Phi) is 11.2. The Morgan fingerprint density at radius 1 is 0.841 bits per heavy atom. The number of benzene rings is 4. The van der Waals surface area contributed by atoms with Crippen LogP contribution in [0.25, 0.3) is 11.1 Å². The molecular formula is C37H41ClN4O2. The third-order valence-corrected chi connectivity index (χ3v) is 8.53. The maximum absolute atomic E-state index is 13.8. The van der Waals surface area contributed by atoms with Gasteiger partial charge >= 0.3 is 0 Å². The van der Waals surface area contributed by atoms with Gasteiger partial charge in [0.05, 0.1) is 6.42 Å². The van der Waals surface area contributed by atoms with Crippen LogP contribution in [0, 0.1) is 0 Å². The van der Waals surface area contributed by atoms with Crippen molar-refractivity contribution in [1.29, 1.82) is 0 Å². The predicted octanol–water partition coefficient (Wildman–Crippen LogP) is 5.97. The van der Waals surface area contributed by atoms with E-state index in [2.05, 4.69) is 51.5 Å². The third kappa shape index (κ3) is 8.56. The van der Waals surface area contributed by atoms with Crippen molar-refractivity contribution in [2.75, 3.05) is 32.7 Å². The van der Waals surface area contributed by atoms with E-state index in [9.17, 15) is 9.59 Å². The highest BCUT2D eigenvalue weighted by Crippen LogP contribution is 2.26. The molecule has 5 rings (SSSR count). The summed E-state index contributed by atoms with van der Waals surface area (Å²) in [6, 6.07) is 34.3. The van der Waals surface area contributed by atoms with Gasteiger partial charge in [-0.2, -0.15) is 0 Å². The molecule has 0 bridgehead atoms. The van der Waals surface area contributed by atoms with Crippen LogP contribution in [0.15, 0.2) is 103 Å². The van der Waals surface area contributed by atoms with E-state index in [1.54, 1.807) is 0 Å². The molecular weight excluding hydrogens is 568 g/mol. The average molecular weight is 609 g/mol. The van der Waals surface area contributed by atoms with Crippen molar-refractivity contribution in [2.45, 2.75) is 38.3 Å². The summed E-state index contributed by atoms with van der Waals surface area (Å²) in [5.41, 5.74) is 11.4. The number of likely N-dealkylation sites (tertiary alicyclic amines) is 1. The topological polar surface area (TPSA) is 78.7 Å². The lowest BCUT2D eigenvalue weighted by atomic mass is 9.96. The number of nitrogens with one attached hydrogen (secondary N) is 1. The van der Waals surface area contributed by atoms with Crippen molar-refractivity contribution in [3.8, 4) is 11.1 Å². The van der Waals surface area contributed by atoms with Gasteiger partial charge in [0.1, 0.15) is 0 Å². The molecule has 0 saturated carbocycles. The molecule has 0 spiro atoms. The third-order valence-electron chi connectivity index (χ3n) is 8.29. The summed E-state index contributed by atoms with van der Waals surface area (Å²) in [6.45, 7) is 4.30. The van der Waals surface area contributed by atoms with E-state index in [1.165, 1.54) is 5.56 Å². The van der Waals surface area contributed by atoms with Crippen LogP contribution in [0.2, 0.25) is 5.02 Å². The van der Waals surface area contributed by atoms with Gasteiger partial charge < -0.3 is 16.0 Å². The van der Waals surface area contributed by atoms with Gasteiger partial charge in [-0.1, -0.05) is 96.5 Å². The van der Waals surface area contributed by atoms with E-state index < -0.39 is 0 Å². The molecule has 228 valence electrons. The van der Waals surface area contributed by atoms with Crippen molar-refractivity contribution in [3.63, 3.8) is 0 Å². The second-order valence-electron chi connectivity index (χ2n) is 11.4. The number of piperidine rings is 1. The van der Waals surface area contributed by atoms with E-state index in [-0.39, 0.29) is 17.9 Å². The zero-order valence-electron chi connectivity index (χ0n) is 25.1. The summed E-state index contributed by atoms with van der Waals surface area (Å²) in [6.07, 6.45) is 2.94. The van der Waals surface area contributed by atoms with Crippen LogP contribution in [0.4, 0.5) is 0 Å². The lowest BCUT2D eigenvalue weighted by Crippen LogP contribution is -2.48. The molecule has 1 heterocycles. The van der Waals surface area contributed by atoms with Gasteiger partial charge in [-0.15, -0.1) is 0 Å². The fraction of sp³-hybridized carbons (Fsp3) is 0.297. The van der Waals surface area contributed by atoms with Crippen molar-refractivity contribution in [3.05, 3.63) is 130 Å². The number of halogens is 1. The Labute approximate surface area is 265 Å². The maximum atomic E-state index is 13.8. The highest BCUT2D eigenvalue weighted by molar-refractivity contribution is 6.30. The van der Waals surface area contributed by atoms with Crippen LogP contribution in [-0.2, 0) is 24.2 Å². The predicted molar refractivity (Wildman–Crippen MR) is 179 cm³/mol. The number of rotatable bonds is 12. The summed E-state index contributed by atoms with van der Waals surface area (Å²) >= 11 is 6.24. The largest absolute Gasteiger partial charge is 0.351 e. The number of amides is 2. The zero-order valence-corrected chi connectivity index (χ0v) is 25.9. The molecule has 4 aromatic rings. The lowest BCUT2D eigenvalue weighted by molar-refractivity contribution is -0.133. The Hall–Kier alpha value is -3.97. The van der Waals surface area contributed by atoms with Gasteiger partial charge in [-0.05, 0) is 65.3 Å². The molecule has 4 aromatic carbocycles. The smallest absolute Gasteiger partial charge is 0.251 e. The first-order chi connectivity index (χ1) is 21.5. The molecule has 0 unspecified atom stereocenters. The molecule has 0 aliphatic carbocycles. The van der Waals surface area contributed by atoms with Gasteiger partial charge in [0.25, 0.3) is 5.91 Å². The molecule has 6 nitrogen and oxygen atoms in total. The van der Waals surface area contributed by atoms with E-state index in [0.29, 0.717) is 36.6 Å². The van der Waals surface area contributed by atoms with Crippen molar-refractivity contribution in [1.82, 2.24) is 15.1 Å². The highest BCUT2D eigenvalue weighted by Gasteiger charge is 2.28. The van der Waals surface area contributed by atoms with Crippen molar-refractivity contribution >= 4 is 23.4 Å². The number of hydrogen-bond acceptors (Lipinski definition) is 4. The monoisotopic (exact) mass is 608 g/mol. The summed E-state index contributed by atoms with van der Waals surface area (Å²) in [5.74, 6) is -0.000280. The number of nitrogens with zero attached hydrogens (tertiary/aromatic N) is 2. The number of carbonyl (C=O) groups excluding carboxylic acids is 2. The Morgan fingerprint density at radius 2 is 1.55 bits per heavy atom. The normalized spacial score (nSPS) is 13.9. The minimum Gasteiger partial charge on any atom is -0.351 e. The van der Waals surface area contributed by atoms with E-state index in [1.807, 2.05) is 66.7 Å². The van der Waals surface area contributed by atoms with Gasteiger partial charge in [-0.3, -0.25) is 14.5 Å². The SMILES string of the molecule is NCCNC(=O)c1ccccc1-c1cccc(CCN(C(=O)Cc2cccc(Cl)c2)C2CCN(Cc3ccccc3)CC2)c1. The molecule has 7 heteroatoms. The van der Waals surface area contributed by atoms with Crippen LogP contribution in [0.5, 0.6) is 0 Å². The Bertz CT molecular complexity index is 1540. The minimum atomic E-state index is -0.132. The molecule has 1 saturated heterocycles. The summed E-state index contributed by atoms with van der Waals surface area (Å²) in [5, 5.41) is 3.53. The molecule has 1 fully saturated rings. The van der Waals surface area contributed by atoms with Crippen molar-refractivity contribution < 1.29 is 9.59 Å². The summed E-state index contributed by atoms with van der Waals surface area (Å²) in [7, 11) is 0. The van der Waals surface area contributed by atoms with Gasteiger partial charge in [-0.25, -0.2) is 0 Å². The minimum absolute atomic E-state index is 0.131. The summed E-state index contributed by atoms with van der Waals surface area (Å²) < 4.78 is 0. The first-order valence-corrected chi connectivity index (χ1v) is 15.8. The molecule has 0 atom stereocenters. The second-order valence-corrected chi connectivity index (χ2v) is 11.9. The lowest BCUT2D eigenvalue weighted by Gasteiger charge is -2.39. The van der Waals surface area contributed by atoms with E-state index in [4.69, 9.17) is 17.3 Å². The summed E-state index contributed by atoms with van der Waals surface area (Å²) in [4.78, 5) is 31.2. The fourth-order valence-corrected chi connectivity index (χ4v) is 6.24. The fourth-order valence-electron chi connectivity index (χ4n) is 6.02. The molecule has 0 aromatic heterocycles.